The Morgan fingerprint density at radius 2 is 1.85 bits per heavy atom. The van der Waals surface area contributed by atoms with Crippen LogP contribution in [0.4, 0.5) is 0 Å². The maximum Gasteiger partial charge on any atom is 0.336 e. The Morgan fingerprint density at radius 3 is 2.50 bits per heavy atom. The third-order valence-corrected chi connectivity index (χ3v) is 3.74. The van der Waals surface area contributed by atoms with E-state index in [9.17, 15) is 4.79 Å². The highest BCUT2D eigenvalue weighted by atomic mass is 32.2. The van der Waals surface area contributed by atoms with E-state index in [1.54, 1.807) is 24.3 Å². The summed E-state index contributed by atoms with van der Waals surface area (Å²) in [4.78, 5) is 16.2. The summed E-state index contributed by atoms with van der Waals surface area (Å²) in [6.45, 7) is 4.03. The molecular weight excluding hydrogens is 274 g/mol. The zero-order valence-electron chi connectivity index (χ0n) is 11.3. The van der Waals surface area contributed by atoms with Crippen LogP contribution in [0.15, 0.2) is 34.3 Å². The molecule has 1 aromatic heterocycles. The highest BCUT2D eigenvalue weighted by Gasteiger charge is 2.13. The molecule has 1 N–H and O–H groups in total. The lowest BCUT2D eigenvalue weighted by atomic mass is 10.2. The van der Waals surface area contributed by atoms with Gasteiger partial charge in [0.2, 0.25) is 5.16 Å². The molecule has 0 saturated heterocycles. The molecule has 0 saturated carbocycles. The number of carbonyl (C=O) groups is 1. The van der Waals surface area contributed by atoms with Crippen molar-refractivity contribution >= 4 is 17.7 Å². The second-order valence-electron chi connectivity index (χ2n) is 4.10. The molecule has 0 aliphatic heterocycles. The van der Waals surface area contributed by atoms with Crippen molar-refractivity contribution in [2.75, 3.05) is 0 Å². The zero-order chi connectivity index (χ0) is 14.5. The molecule has 6 heteroatoms. The topological polar surface area (TPSA) is 76.0 Å². The molecule has 0 fully saturated rings. The maximum absolute atomic E-state index is 11.2. The van der Waals surface area contributed by atoms with Crippen LogP contribution >= 0.6 is 11.8 Å². The molecule has 2 aromatic rings. The van der Waals surface area contributed by atoms with Crippen molar-refractivity contribution in [3.63, 3.8) is 0 Å². The molecule has 0 unspecified atom stereocenters. The number of rotatable bonds is 5. The minimum absolute atomic E-state index is 0.249. The van der Waals surface area contributed by atoms with Gasteiger partial charge in [-0.25, -0.2) is 9.78 Å². The van der Waals surface area contributed by atoms with Crippen LogP contribution < -0.4 is 0 Å². The summed E-state index contributed by atoms with van der Waals surface area (Å²) in [5.41, 5.74) is 2.06. The monoisotopic (exact) mass is 289 g/mol. The highest BCUT2D eigenvalue weighted by molar-refractivity contribution is 7.99. The van der Waals surface area contributed by atoms with E-state index in [4.69, 9.17) is 5.11 Å². The molecule has 104 valence electrons. The van der Waals surface area contributed by atoms with Gasteiger partial charge in [-0.15, -0.1) is 5.10 Å². The number of aromatic carboxylic acids is 1. The molecule has 5 nitrogen and oxygen atoms in total. The van der Waals surface area contributed by atoms with Gasteiger partial charge in [0, 0.05) is 4.90 Å². The summed E-state index contributed by atoms with van der Waals surface area (Å²) in [6.07, 6.45) is 1.58. The van der Waals surface area contributed by atoms with Gasteiger partial charge < -0.3 is 5.11 Å². The van der Waals surface area contributed by atoms with Gasteiger partial charge in [-0.1, -0.05) is 26.0 Å². The van der Waals surface area contributed by atoms with Crippen LogP contribution in [-0.2, 0) is 12.8 Å². The van der Waals surface area contributed by atoms with Crippen LogP contribution in [0, 0.1) is 0 Å². The van der Waals surface area contributed by atoms with E-state index in [1.807, 2.05) is 13.8 Å². The molecule has 0 radical (unpaired) electrons. The number of carboxylic acid groups (broad SMARTS) is 1. The fourth-order valence-electron chi connectivity index (χ4n) is 1.79. The van der Waals surface area contributed by atoms with E-state index >= 15 is 0 Å². The van der Waals surface area contributed by atoms with Crippen molar-refractivity contribution < 1.29 is 9.90 Å². The third kappa shape index (κ3) is 3.14. The van der Waals surface area contributed by atoms with Crippen LogP contribution in [0.25, 0.3) is 0 Å². The molecule has 0 atom stereocenters. The lowest BCUT2D eigenvalue weighted by Gasteiger charge is -2.07. The molecule has 20 heavy (non-hydrogen) atoms. The Bertz CT molecular complexity index is 632. The van der Waals surface area contributed by atoms with E-state index in [0.29, 0.717) is 10.1 Å². The summed E-state index contributed by atoms with van der Waals surface area (Å²) in [5, 5.41) is 17.9. The van der Waals surface area contributed by atoms with Crippen molar-refractivity contribution in [3.8, 4) is 0 Å². The van der Waals surface area contributed by atoms with Crippen LogP contribution in [-0.4, -0.2) is 26.3 Å². The molecule has 1 heterocycles. The van der Waals surface area contributed by atoms with Crippen LogP contribution in [0.3, 0.4) is 0 Å². The van der Waals surface area contributed by atoms with Crippen molar-refractivity contribution in [2.24, 2.45) is 0 Å². The molecule has 0 amide bonds. The molecular formula is C14H15N3O2S. The number of hydrogen-bond acceptors (Lipinski definition) is 5. The molecule has 0 bridgehead atoms. The number of nitrogens with zero attached hydrogens (tertiary/aromatic N) is 3. The maximum atomic E-state index is 11.2. The van der Waals surface area contributed by atoms with E-state index in [2.05, 4.69) is 15.2 Å². The van der Waals surface area contributed by atoms with E-state index in [0.717, 1.165) is 24.2 Å². The quantitative estimate of drug-likeness (QED) is 0.912. The Hall–Kier alpha value is -1.95. The first-order valence-electron chi connectivity index (χ1n) is 6.38. The number of aromatic nitrogens is 3. The molecule has 1 aromatic carbocycles. The lowest BCUT2D eigenvalue weighted by Crippen LogP contribution is -2.04. The van der Waals surface area contributed by atoms with Gasteiger partial charge in [-0.05, 0) is 36.7 Å². The van der Waals surface area contributed by atoms with Gasteiger partial charge >= 0.3 is 5.97 Å². The summed E-state index contributed by atoms with van der Waals surface area (Å²) < 4.78 is 0. The van der Waals surface area contributed by atoms with Crippen molar-refractivity contribution in [1.82, 2.24) is 15.2 Å². The van der Waals surface area contributed by atoms with Crippen LogP contribution in [0.2, 0.25) is 0 Å². The smallest absolute Gasteiger partial charge is 0.336 e. The lowest BCUT2D eigenvalue weighted by molar-refractivity contribution is 0.0693. The predicted molar refractivity (Wildman–Crippen MR) is 76.1 cm³/mol. The van der Waals surface area contributed by atoms with Crippen LogP contribution in [0.1, 0.15) is 35.6 Å². The normalized spacial score (nSPS) is 10.5. The Balaban J connectivity index is 2.33. The standard InChI is InChI=1S/C14H15N3O2S/c1-3-10-11(4-2)16-17-14(15-10)20-12-8-6-5-7-9(12)13(18)19/h5-8H,3-4H2,1-2H3,(H,18,19). The van der Waals surface area contributed by atoms with Gasteiger partial charge in [0.1, 0.15) is 0 Å². The molecule has 0 aliphatic carbocycles. The minimum atomic E-state index is -0.957. The summed E-state index contributed by atoms with van der Waals surface area (Å²) in [6, 6.07) is 6.81. The SMILES string of the molecule is CCc1nnc(Sc2ccccc2C(=O)O)nc1CC. The number of benzene rings is 1. The Kier molecular flexibility index (Phi) is 4.68. The second kappa shape index (κ2) is 6.47. The molecule has 0 aliphatic rings. The average molecular weight is 289 g/mol. The first-order chi connectivity index (χ1) is 9.65. The second-order valence-corrected chi connectivity index (χ2v) is 5.11. The molecule has 0 spiro atoms. The average Bonchev–Trinajstić information content (AvgIpc) is 2.47. The van der Waals surface area contributed by atoms with Crippen LogP contribution in [0.5, 0.6) is 0 Å². The highest BCUT2D eigenvalue weighted by Crippen LogP contribution is 2.28. The summed E-state index contributed by atoms with van der Waals surface area (Å²) >= 11 is 1.23. The fraction of sp³-hybridized carbons (Fsp3) is 0.286. The number of carboxylic acids is 1. The van der Waals surface area contributed by atoms with E-state index < -0.39 is 5.97 Å². The fourth-order valence-corrected chi connectivity index (χ4v) is 2.64. The van der Waals surface area contributed by atoms with Gasteiger partial charge in [0.15, 0.2) is 0 Å². The van der Waals surface area contributed by atoms with Gasteiger partial charge in [-0.3, -0.25) is 0 Å². The van der Waals surface area contributed by atoms with Gasteiger partial charge in [-0.2, -0.15) is 5.10 Å². The Morgan fingerprint density at radius 1 is 1.15 bits per heavy atom. The van der Waals surface area contributed by atoms with Crippen molar-refractivity contribution in [1.29, 1.82) is 0 Å². The number of aryl methyl sites for hydroxylation is 2. The predicted octanol–water partition coefficient (Wildman–Crippen LogP) is 2.85. The van der Waals surface area contributed by atoms with Crippen molar-refractivity contribution in [3.05, 3.63) is 41.2 Å². The number of hydrogen-bond donors (Lipinski definition) is 1. The largest absolute Gasteiger partial charge is 0.478 e. The first kappa shape index (κ1) is 14.5. The third-order valence-electron chi connectivity index (χ3n) is 2.81. The zero-order valence-corrected chi connectivity index (χ0v) is 12.1. The van der Waals surface area contributed by atoms with Crippen molar-refractivity contribution in [2.45, 2.75) is 36.7 Å². The van der Waals surface area contributed by atoms with Gasteiger partial charge in [0.05, 0.1) is 17.0 Å². The molecule has 2 rings (SSSR count). The van der Waals surface area contributed by atoms with E-state index in [-0.39, 0.29) is 5.56 Å². The summed E-state index contributed by atoms with van der Waals surface area (Å²) in [5.74, 6) is -0.957. The first-order valence-corrected chi connectivity index (χ1v) is 7.20. The Labute approximate surface area is 121 Å². The van der Waals surface area contributed by atoms with Gasteiger partial charge in [0.25, 0.3) is 0 Å². The summed E-state index contributed by atoms with van der Waals surface area (Å²) in [7, 11) is 0. The van der Waals surface area contributed by atoms with E-state index in [1.165, 1.54) is 11.8 Å². The minimum Gasteiger partial charge on any atom is -0.478 e.